The first kappa shape index (κ1) is 17.6. The third kappa shape index (κ3) is 3.68. The zero-order chi connectivity index (χ0) is 18.8. The summed E-state index contributed by atoms with van der Waals surface area (Å²) >= 11 is 3.48. The van der Waals surface area contributed by atoms with E-state index in [1.807, 2.05) is 42.5 Å². The minimum atomic E-state index is -0.208. The van der Waals surface area contributed by atoms with Crippen LogP contribution in [0.25, 0.3) is 5.69 Å². The van der Waals surface area contributed by atoms with Gasteiger partial charge in [0.05, 0.1) is 25.4 Å². The molecule has 0 radical (unpaired) electrons. The van der Waals surface area contributed by atoms with E-state index < -0.39 is 0 Å². The summed E-state index contributed by atoms with van der Waals surface area (Å²) in [6, 6.07) is 14.9. The summed E-state index contributed by atoms with van der Waals surface area (Å²) < 4.78 is 13.5. The second-order valence-electron chi connectivity index (χ2n) is 6.19. The maximum atomic E-state index is 12.7. The van der Waals surface area contributed by atoms with Crippen LogP contribution in [0.15, 0.2) is 59.2 Å². The monoisotopic (exact) mass is 427 g/mol. The molecule has 1 aliphatic heterocycles. The number of carbonyl (C=O) groups excluding carboxylic acids is 1. The summed E-state index contributed by atoms with van der Waals surface area (Å²) in [5, 5.41) is 7.46. The third-order valence-corrected chi connectivity index (χ3v) is 4.97. The molecule has 1 N–H and O–H groups in total. The molecule has 1 atom stereocenters. The maximum absolute atomic E-state index is 12.7. The fourth-order valence-electron chi connectivity index (χ4n) is 3.07. The lowest BCUT2D eigenvalue weighted by Crippen LogP contribution is -2.32. The predicted molar refractivity (Wildman–Crippen MR) is 105 cm³/mol. The largest absolute Gasteiger partial charge is 0.497 e. The molecule has 6 nitrogen and oxygen atoms in total. The van der Waals surface area contributed by atoms with Crippen molar-refractivity contribution < 1.29 is 14.3 Å². The summed E-state index contributed by atoms with van der Waals surface area (Å²) in [6.45, 7) is 0.569. The van der Waals surface area contributed by atoms with E-state index in [0.717, 1.165) is 27.2 Å². The summed E-state index contributed by atoms with van der Waals surface area (Å²) in [5.74, 6) is 1.37. The minimum Gasteiger partial charge on any atom is -0.497 e. The Hall–Kier alpha value is -2.80. The first-order valence-corrected chi connectivity index (χ1v) is 9.36. The lowest BCUT2D eigenvalue weighted by Gasteiger charge is -2.26. The summed E-state index contributed by atoms with van der Waals surface area (Å²) in [6.07, 6.45) is 2.49. The van der Waals surface area contributed by atoms with Gasteiger partial charge < -0.3 is 14.8 Å². The molecule has 3 aromatic rings. The van der Waals surface area contributed by atoms with E-state index in [0.29, 0.717) is 18.7 Å². The normalized spacial score (nSPS) is 15.6. The average molecular weight is 428 g/mol. The third-order valence-electron chi connectivity index (χ3n) is 4.48. The van der Waals surface area contributed by atoms with Crippen molar-refractivity contribution >= 4 is 21.8 Å². The van der Waals surface area contributed by atoms with Crippen LogP contribution in [0.2, 0.25) is 0 Å². The zero-order valence-electron chi connectivity index (χ0n) is 14.7. The molecule has 0 bridgehead atoms. The summed E-state index contributed by atoms with van der Waals surface area (Å²) in [4.78, 5) is 12.7. The Balaban J connectivity index is 1.51. The van der Waals surface area contributed by atoms with Crippen molar-refractivity contribution in [3.8, 4) is 17.2 Å². The summed E-state index contributed by atoms with van der Waals surface area (Å²) in [7, 11) is 1.62. The second-order valence-corrected chi connectivity index (χ2v) is 7.10. The van der Waals surface area contributed by atoms with Crippen molar-refractivity contribution in [3.63, 3.8) is 0 Å². The molecule has 1 unspecified atom stereocenters. The molecule has 7 heteroatoms. The van der Waals surface area contributed by atoms with Gasteiger partial charge in [-0.2, -0.15) is 5.10 Å². The smallest absolute Gasteiger partial charge is 0.272 e. The van der Waals surface area contributed by atoms with Crippen molar-refractivity contribution in [1.29, 1.82) is 0 Å². The first-order chi connectivity index (χ1) is 13.1. The molecule has 1 amide bonds. The van der Waals surface area contributed by atoms with E-state index in [2.05, 4.69) is 26.3 Å². The minimum absolute atomic E-state index is 0.107. The molecular formula is C20H18BrN3O3. The van der Waals surface area contributed by atoms with Crippen LogP contribution in [0.3, 0.4) is 0 Å². The predicted octanol–water partition coefficient (Wildman–Crippen LogP) is 3.90. The Labute approximate surface area is 165 Å². The number of hydrogen-bond donors (Lipinski definition) is 1. The number of amides is 1. The fraction of sp³-hybridized carbons (Fsp3) is 0.200. The van der Waals surface area contributed by atoms with Gasteiger partial charge in [-0.3, -0.25) is 4.79 Å². The van der Waals surface area contributed by atoms with E-state index in [9.17, 15) is 4.79 Å². The van der Waals surface area contributed by atoms with Gasteiger partial charge in [-0.1, -0.05) is 15.9 Å². The molecular weight excluding hydrogens is 410 g/mol. The maximum Gasteiger partial charge on any atom is 0.272 e. The fourth-order valence-corrected chi connectivity index (χ4v) is 3.45. The van der Waals surface area contributed by atoms with Crippen LogP contribution in [0.4, 0.5) is 0 Å². The van der Waals surface area contributed by atoms with Crippen LogP contribution >= 0.6 is 15.9 Å². The van der Waals surface area contributed by atoms with Gasteiger partial charge >= 0.3 is 0 Å². The van der Waals surface area contributed by atoms with Crippen LogP contribution in [0.5, 0.6) is 11.5 Å². The van der Waals surface area contributed by atoms with Gasteiger partial charge in [-0.15, -0.1) is 0 Å². The van der Waals surface area contributed by atoms with Crippen LogP contribution in [0, 0.1) is 0 Å². The molecule has 1 aromatic heterocycles. The Morgan fingerprint density at radius 1 is 1.26 bits per heavy atom. The van der Waals surface area contributed by atoms with E-state index in [-0.39, 0.29) is 11.9 Å². The quantitative estimate of drug-likeness (QED) is 0.685. The number of nitrogens with one attached hydrogen (secondary N) is 1. The number of carbonyl (C=O) groups is 1. The van der Waals surface area contributed by atoms with Gasteiger partial charge in [0.2, 0.25) is 0 Å². The highest BCUT2D eigenvalue weighted by atomic mass is 79.9. The highest BCUT2D eigenvalue weighted by Crippen LogP contribution is 2.34. The number of fused-ring (bicyclic) bond motifs is 1. The van der Waals surface area contributed by atoms with Crippen molar-refractivity contribution in [2.24, 2.45) is 0 Å². The molecule has 1 aliphatic rings. The van der Waals surface area contributed by atoms with Crippen molar-refractivity contribution in [2.75, 3.05) is 13.7 Å². The summed E-state index contributed by atoms with van der Waals surface area (Å²) in [5.41, 5.74) is 2.20. The Bertz CT molecular complexity index is 969. The van der Waals surface area contributed by atoms with E-state index >= 15 is 0 Å². The SMILES string of the molecule is COc1ccc(-n2ccc(C(=O)NC3CCOc4ccc(Br)cc43)n2)cc1. The molecule has 2 heterocycles. The number of rotatable bonds is 4. The molecule has 27 heavy (non-hydrogen) atoms. The van der Waals surface area contributed by atoms with Crippen LogP contribution in [-0.4, -0.2) is 29.4 Å². The van der Waals surface area contributed by atoms with Crippen LogP contribution in [-0.2, 0) is 0 Å². The van der Waals surface area contributed by atoms with Gasteiger partial charge in [0.1, 0.15) is 11.5 Å². The van der Waals surface area contributed by atoms with Gasteiger partial charge in [0.25, 0.3) is 5.91 Å². The molecule has 0 fully saturated rings. The molecule has 0 saturated carbocycles. The number of aromatic nitrogens is 2. The number of benzene rings is 2. The van der Waals surface area contributed by atoms with Crippen LogP contribution in [0.1, 0.15) is 28.5 Å². The van der Waals surface area contributed by atoms with Crippen LogP contribution < -0.4 is 14.8 Å². The Kier molecular flexibility index (Phi) is 4.85. The van der Waals surface area contributed by atoms with Crippen molar-refractivity contribution in [2.45, 2.75) is 12.5 Å². The van der Waals surface area contributed by atoms with E-state index in [4.69, 9.17) is 9.47 Å². The Morgan fingerprint density at radius 2 is 2.07 bits per heavy atom. The lowest BCUT2D eigenvalue weighted by atomic mass is 10.0. The Morgan fingerprint density at radius 3 is 2.85 bits per heavy atom. The number of methoxy groups -OCH3 is 1. The van der Waals surface area contributed by atoms with E-state index in [1.54, 1.807) is 24.1 Å². The molecule has 0 saturated heterocycles. The van der Waals surface area contributed by atoms with Gasteiger partial charge in [0, 0.05) is 22.7 Å². The number of ether oxygens (including phenoxy) is 2. The number of nitrogens with zero attached hydrogens (tertiary/aromatic N) is 2. The van der Waals surface area contributed by atoms with Gasteiger partial charge in [-0.05, 0) is 48.5 Å². The number of hydrogen-bond acceptors (Lipinski definition) is 4. The standard InChI is InChI=1S/C20H18BrN3O3/c1-26-15-5-3-14(4-6-15)24-10-8-18(23-24)20(25)22-17-9-11-27-19-7-2-13(21)12-16(17)19/h2-8,10,12,17H,9,11H2,1H3,(H,22,25). The van der Waals surface area contributed by atoms with Gasteiger partial charge in [-0.25, -0.2) is 4.68 Å². The number of halogens is 1. The molecule has 4 rings (SSSR count). The molecule has 0 spiro atoms. The van der Waals surface area contributed by atoms with Gasteiger partial charge in [0.15, 0.2) is 5.69 Å². The highest BCUT2D eigenvalue weighted by molar-refractivity contribution is 9.10. The lowest BCUT2D eigenvalue weighted by molar-refractivity contribution is 0.0919. The molecule has 2 aromatic carbocycles. The molecule has 138 valence electrons. The topological polar surface area (TPSA) is 65.4 Å². The van der Waals surface area contributed by atoms with Crippen molar-refractivity contribution in [1.82, 2.24) is 15.1 Å². The van der Waals surface area contributed by atoms with Crippen molar-refractivity contribution in [3.05, 3.63) is 70.5 Å². The second kappa shape index (κ2) is 7.44. The molecule has 0 aliphatic carbocycles. The van der Waals surface area contributed by atoms with E-state index in [1.165, 1.54) is 0 Å². The average Bonchev–Trinajstić information content (AvgIpc) is 3.19. The first-order valence-electron chi connectivity index (χ1n) is 8.57. The zero-order valence-corrected chi connectivity index (χ0v) is 16.3. The highest BCUT2D eigenvalue weighted by Gasteiger charge is 2.24.